The summed E-state index contributed by atoms with van der Waals surface area (Å²) in [6.45, 7) is 0. The summed E-state index contributed by atoms with van der Waals surface area (Å²) < 4.78 is 25.9. The van der Waals surface area contributed by atoms with E-state index >= 15 is 0 Å². The third-order valence-corrected chi connectivity index (χ3v) is 8.07. The first-order chi connectivity index (χ1) is 9.66. The van der Waals surface area contributed by atoms with Crippen molar-refractivity contribution in [3.05, 3.63) is 41.3 Å². The van der Waals surface area contributed by atoms with Gasteiger partial charge in [0.25, 0.3) is 0 Å². The van der Waals surface area contributed by atoms with Gasteiger partial charge in [-0.15, -0.1) is 11.3 Å². The predicted octanol–water partition coefficient (Wildman–Crippen LogP) is 4.02. The Hall–Kier alpha value is -1.13. The van der Waals surface area contributed by atoms with Crippen LogP contribution in [0.25, 0.3) is 15.7 Å². The average Bonchev–Trinajstić information content (AvgIpc) is 2.81. The van der Waals surface area contributed by atoms with Gasteiger partial charge in [0, 0.05) is 4.70 Å². The van der Waals surface area contributed by atoms with E-state index in [1.165, 1.54) is 21.2 Å². The maximum absolute atomic E-state index is 12.3. The lowest BCUT2D eigenvalue weighted by atomic mass is 9.93. The fraction of sp³-hybridized carbons (Fsp3) is 0.375. The molecule has 3 heterocycles. The number of benzene rings is 1. The van der Waals surface area contributed by atoms with E-state index in [-0.39, 0.29) is 10.5 Å². The molecule has 0 radical (unpaired) electrons. The van der Waals surface area contributed by atoms with Crippen molar-refractivity contribution in [3.63, 3.8) is 0 Å². The highest BCUT2D eigenvalue weighted by Crippen LogP contribution is 2.42. The highest BCUT2D eigenvalue weighted by Gasteiger charge is 2.40. The van der Waals surface area contributed by atoms with Gasteiger partial charge < -0.3 is 0 Å². The molecular formula is C16H16O2S2. The molecule has 0 saturated carbocycles. The van der Waals surface area contributed by atoms with Crippen molar-refractivity contribution >= 4 is 36.8 Å². The van der Waals surface area contributed by atoms with E-state index in [1.54, 1.807) is 11.3 Å². The first kappa shape index (κ1) is 12.6. The Morgan fingerprint density at radius 1 is 1.15 bits per heavy atom. The molecule has 4 heteroatoms. The van der Waals surface area contributed by atoms with Crippen LogP contribution in [0.2, 0.25) is 0 Å². The average molecular weight is 304 g/mol. The lowest BCUT2D eigenvalue weighted by Crippen LogP contribution is -2.38. The highest BCUT2D eigenvalue weighted by molar-refractivity contribution is 7.93. The highest BCUT2D eigenvalue weighted by atomic mass is 32.2. The Kier molecular flexibility index (Phi) is 2.79. The molecule has 1 aromatic carbocycles. The minimum atomic E-state index is -2.92. The SMILES string of the molecule is O=S1(=O)C2C=C(c3csc4ccccc34)CC1CCC2. The molecule has 0 N–H and O–H groups in total. The number of rotatable bonds is 1. The standard InChI is InChI=1S/C16H16O2S2/c17-20(18)12-4-3-5-13(20)9-11(8-12)15-10-19-16-7-2-1-6-14(15)16/h1-2,6-8,10,12-13H,3-5,9H2. The second-order valence-corrected chi connectivity index (χ2v) is 9.08. The maximum atomic E-state index is 12.3. The van der Waals surface area contributed by atoms with E-state index in [0.717, 1.165) is 19.3 Å². The minimum Gasteiger partial charge on any atom is -0.228 e. The fourth-order valence-corrected chi connectivity index (χ4v) is 6.72. The summed E-state index contributed by atoms with van der Waals surface area (Å²) in [5, 5.41) is 3.05. The number of allylic oxidation sites excluding steroid dienone is 1. The molecular weight excluding hydrogens is 288 g/mol. The van der Waals surface area contributed by atoms with Gasteiger partial charge in [0.1, 0.15) is 0 Å². The molecule has 0 spiro atoms. The molecule has 2 bridgehead atoms. The number of hydrogen-bond acceptors (Lipinski definition) is 3. The van der Waals surface area contributed by atoms with Crippen LogP contribution in [0.3, 0.4) is 0 Å². The van der Waals surface area contributed by atoms with Crippen LogP contribution in [0.15, 0.2) is 35.7 Å². The molecule has 104 valence electrons. The van der Waals surface area contributed by atoms with Crippen molar-refractivity contribution in [1.82, 2.24) is 0 Å². The number of thiophene rings is 1. The van der Waals surface area contributed by atoms with Gasteiger partial charge in [0.15, 0.2) is 9.84 Å². The van der Waals surface area contributed by atoms with Crippen LogP contribution in [0.5, 0.6) is 0 Å². The van der Waals surface area contributed by atoms with Gasteiger partial charge in [-0.05, 0) is 47.2 Å². The summed E-state index contributed by atoms with van der Waals surface area (Å²) in [6, 6.07) is 8.38. The van der Waals surface area contributed by atoms with Gasteiger partial charge >= 0.3 is 0 Å². The zero-order valence-electron chi connectivity index (χ0n) is 11.1. The van der Waals surface area contributed by atoms with Crippen LogP contribution in [0.1, 0.15) is 31.2 Å². The van der Waals surface area contributed by atoms with Crippen molar-refractivity contribution in [3.8, 4) is 0 Å². The molecule has 2 atom stereocenters. The number of hydrogen-bond donors (Lipinski definition) is 0. The van der Waals surface area contributed by atoms with Crippen molar-refractivity contribution < 1.29 is 8.42 Å². The lowest BCUT2D eigenvalue weighted by Gasteiger charge is -2.33. The second-order valence-electron chi connectivity index (χ2n) is 5.72. The summed E-state index contributed by atoms with van der Waals surface area (Å²) in [7, 11) is -2.92. The van der Waals surface area contributed by atoms with Gasteiger partial charge in [-0.3, -0.25) is 0 Å². The molecule has 0 aliphatic carbocycles. The largest absolute Gasteiger partial charge is 0.228 e. The monoisotopic (exact) mass is 304 g/mol. The lowest BCUT2D eigenvalue weighted by molar-refractivity contribution is 0.518. The molecule has 2 aliphatic rings. The topological polar surface area (TPSA) is 34.1 Å². The van der Waals surface area contributed by atoms with E-state index in [1.807, 2.05) is 6.08 Å². The molecule has 20 heavy (non-hydrogen) atoms. The first-order valence-corrected chi connectivity index (χ1v) is 9.55. The van der Waals surface area contributed by atoms with Crippen LogP contribution in [0.4, 0.5) is 0 Å². The Bertz CT molecular complexity index is 799. The quantitative estimate of drug-likeness (QED) is 0.797. The summed E-state index contributed by atoms with van der Waals surface area (Å²) in [5.41, 5.74) is 2.49. The van der Waals surface area contributed by atoms with Crippen molar-refractivity contribution in [1.29, 1.82) is 0 Å². The van der Waals surface area contributed by atoms with Crippen LogP contribution in [-0.4, -0.2) is 18.9 Å². The predicted molar refractivity (Wildman–Crippen MR) is 84.8 cm³/mol. The van der Waals surface area contributed by atoms with E-state index in [9.17, 15) is 8.42 Å². The minimum absolute atomic E-state index is 0.153. The molecule has 2 unspecified atom stereocenters. The molecule has 1 saturated heterocycles. The van der Waals surface area contributed by atoms with E-state index < -0.39 is 9.84 Å². The Morgan fingerprint density at radius 3 is 2.85 bits per heavy atom. The smallest absolute Gasteiger partial charge is 0.159 e. The zero-order chi connectivity index (χ0) is 13.7. The van der Waals surface area contributed by atoms with Crippen LogP contribution >= 0.6 is 11.3 Å². The first-order valence-electron chi connectivity index (χ1n) is 7.06. The summed E-state index contributed by atoms with van der Waals surface area (Å²) in [6.07, 6.45) is 5.39. The summed E-state index contributed by atoms with van der Waals surface area (Å²) >= 11 is 1.75. The molecule has 4 rings (SSSR count). The molecule has 2 aliphatic heterocycles. The molecule has 0 amide bonds. The van der Waals surface area contributed by atoms with Gasteiger partial charge in [0.05, 0.1) is 10.5 Å². The van der Waals surface area contributed by atoms with E-state index in [4.69, 9.17) is 0 Å². The van der Waals surface area contributed by atoms with Gasteiger partial charge in [-0.25, -0.2) is 8.42 Å². The van der Waals surface area contributed by atoms with Crippen LogP contribution in [0, 0.1) is 0 Å². The Morgan fingerprint density at radius 2 is 2.00 bits per heavy atom. The number of sulfone groups is 1. The van der Waals surface area contributed by atoms with Gasteiger partial charge in [0.2, 0.25) is 0 Å². The Balaban J connectivity index is 1.86. The molecule has 1 aromatic heterocycles. The fourth-order valence-electron chi connectivity index (χ4n) is 3.48. The zero-order valence-corrected chi connectivity index (χ0v) is 12.7. The number of fused-ring (bicyclic) bond motifs is 3. The van der Waals surface area contributed by atoms with Crippen molar-refractivity contribution in [2.24, 2.45) is 0 Å². The van der Waals surface area contributed by atoms with Crippen molar-refractivity contribution in [2.45, 2.75) is 36.2 Å². The van der Waals surface area contributed by atoms with Crippen LogP contribution < -0.4 is 0 Å². The van der Waals surface area contributed by atoms with E-state index in [0.29, 0.717) is 6.42 Å². The van der Waals surface area contributed by atoms with E-state index in [2.05, 4.69) is 29.6 Å². The second kappa shape index (κ2) is 4.43. The summed E-state index contributed by atoms with van der Waals surface area (Å²) in [4.78, 5) is 0. The molecule has 1 fully saturated rings. The normalized spacial score (nSPS) is 28.3. The Labute approximate surface area is 123 Å². The molecule has 2 aromatic rings. The van der Waals surface area contributed by atoms with Gasteiger partial charge in [-0.1, -0.05) is 30.7 Å². The molecule has 2 nitrogen and oxygen atoms in total. The third kappa shape index (κ3) is 1.78. The third-order valence-electron chi connectivity index (χ3n) is 4.56. The van der Waals surface area contributed by atoms with Crippen LogP contribution in [-0.2, 0) is 9.84 Å². The van der Waals surface area contributed by atoms with Crippen molar-refractivity contribution in [2.75, 3.05) is 0 Å². The summed E-state index contributed by atoms with van der Waals surface area (Å²) in [5.74, 6) is 0. The van der Waals surface area contributed by atoms with Gasteiger partial charge in [-0.2, -0.15) is 0 Å². The maximum Gasteiger partial charge on any atom is 0.159 e.